The van der Waals surface area contributed by atoms with Crippen LogP contribution in [0.25, 0.3) is 0 Å². The minimum atomic E-state index is -4.91. The lowest BCUT2D eigenvalue weighted by Gasteiger charge is -2.33. The van der Waals surface area contributed by atoms with Crippen molar-refractivity contribution in [3.05, 3.63) is 57.6 Å². The van der Waals surface area contributed by atoms with Crippen LogP contribution >= 0.6 is 23.2 Å². The van der Waals surface area contributed by atoms with Gasteiger partial charge in [-0.05, 0) is 36.4 Å². The third-order valence-electron chi connectivity index (χ3n) is 4.21. The zero-order valence-corrected chi connectivity index (χ0v) is 16.3. The summed E-state index contributed by atoms with van der Waals surface area (Å²) in [7, 11) is 0. The molecule has 2 aromatic rings. The largest absolute Gasteiger partial charge is 0.417 e. The molecule has 1 heterocycles. The molecule has 0 radical (unpaired) electrons. The van der Waals surface area contributed by atoms with Crippen LogP contribution in [0.3, 0.4) is 0 Å². The van der Waals surface area contributed by atoms with Crippen molar-refractivity contribution in [1.82, 2.24) is 0 Å². The number of carbonyl (C=O) groups excluding carboxylic acids is 3. The van der Waals surface area contributed by atoms with E-state index >= 15 is 0 Å². The molecule has 31 heavy (non-hydrogen) atoms. The van der Waals surface area contributed by atoms with E-state index in [1.54, 1.807) is 0 Å². The molecule has 0 aliphatic carbocycles. The standard InChI is InChI=1S/C18H8Cl2F6N2O3/c19-12-3-1-8(5-10(12)17(21,22)23)27-14(29)7-15(30)28(16(27)31)9-2-4-13(20)11(6-9)18(24,25)26/h1-6H,7H2. The number of anilines is 2. The molecule has 0 aromatic heterocycles. The van der Waals surface area contributed by atoms with Crippen LogP contribution in [0.5, 0.6) is 0 Å². The second kappa shape index (κ2) is 7.72. The predicted octanol–water partition coefficient (Wildman–Crippen LogP) is 5.92. The van der Waals surface area contributed by atoms with Gasteiger partial charge in [0.05, 0.1) is 32.5 Å². The molecule has 5 nitrogen and oxygen atoms in total. The van der Waals surface area contributed by atoms with Gasteiger partial charge < -0.3 is 0 Å². The molecule has 1 aliphatic rings. The Kier molecular flexibility index (Phi) is 5.70. The number of carbonyl (C=O) groups is 3. The lowest BCUT2D eigenvalue weighted by atomic mass is 10.1. The van der Waals surface area contributed by atoms with E-state index in [2.05, 4.69) is 0 Å². The van der Waals surface area contributed by atoms with Crippen LogP contribution in [0, 0.1) is 0 Å². The average molecular weight is 485 g/mol. The number of rotatable bonds is 2. The van der Waals surface area contributed by atoms with E-state index in [9.17, 15) is 40.7 Å². The quantitative estimate of drug-likeness (QED) is 0.392. The van der Waals surface area contributed by atoms with Crippen LogP contribution in [0.1, 0.15) is 17.5 Å². The normalized spacial score (nSPS) is 15.7. The maximum absolute atomic E-state index is 13.1. The fourth-order valence-corrected chi connectivity index (χ4v) is 3.30. The van der Waals surface area contributed by atoms with Crippen LogP contribution in [-0.4, -0.2) is 17.8 Å². The number of urea groups is 1. The fourth-order valence-electron chi connectivity index (χ4n) is 2.85. The molecule has 0 N–H and O–H groups in total. The van der Waals surface area contributed by atoms with Crippen LogP contribution in [0.4, 0.5) is 42.5 Å². The molecular formula is C18H8Cl2F6N2O3. The molecule has 1 saturated heterocycles. The van der Waals surface area contributed by atoms with E-state index in [0.717, 1.165) is 24.3 Å². The van der Waals surface area contributed by atoms with Crippen molar-refractivity contribution in [2.45, 2.75) is 18.8 Å². The van der Waals surface area contributed by atoms with Crippen LogP contribution in [0.2, 0.25) is 10.0 Å². The smallest absolute Gasteiger partial charge is 0.273 e. The number of imide groups is 2. The molecule has 164 valence electrons. The van der Waals surface area contributed by atoms with Crippen molar-refractivity contribution >= 4 is 52.4 Å². The Hall–Kier alpha value is -2.79. The highest BCUT2D eigenvalue weighted by atomic mass is 35.5. The summed E-state index contributed by atoms with van der Waals surface area (Å²) in [6, 6.07) is 2.86. The summed E-state index contributed by atoms with van der Waals surface area (Å²) in [5.74, 6) is -2.32. The van der Waals surface area contributed by atoms with E-state index in [1.165, 1.54) is 0 Å². The van der Waals surface area contributed by atoms with E-state index in [0.29, 0.717) is 12.1 Å². The van der Waals surface area contributed by atoms with Crippen molar-refractivity contribution in [1.29, 1.82) is 0 Å². The molecule has 0 saturated carbocycles. The fraction of sp³-hybridized carbons (Fsp3) is 0.167. The zero-order chi connectivity index (χ0) is 23.3. The third-order valence-corrected chi connectivity index (χ3v) is 4.87. The molecular weight excluding hydrogens is 477 g/mol. The summed E-state index contributed by atoms with van der Waals surface area (Å²) in [5.41, 5.74) is -3.81. The lowest BCUT2D eigenvalue weighted by Crippen LogP contribution is -2.55. The second-order valence-electron chi connectivity index (χ2n) is 6.24. The first kappa shape index (κ1) is 22.9. The monoisotopic (exact) mass is 484 g/mol. The first-order chi connectivity index (χ1) is 14.2. The molecule has 0 bridgehead atoms. The summed E-state index contributed by atoms with van der Waals surface area (Å²) in [6.07, 6.45) is -10.8. The zero-order valence-electron chi connectivity index (χ0n) is 14.8. The van der Waals surface area contributed by atoms with Crippen molar-refractivity contribution in [3.8, 4) is 0 Å². The second-order valence-corrected chi connectivity index (χ2v) is 7.06. The lowest BCUT2D eigenvalue weighted by molar-refractivity contribution is -0.138. The molecule has 4 amide bonds. The Morgan fingerprint density at radius 3 is 1.35 bits per heavy atom. The molecule has 3 rings (SSSR count). The SMILES string of the molecule is O=C1CC(=O)N(c2ccc(Cl)c(C(F)(F)F)c2)C(=O)N1c1ccc(Cl)c(C(F)(F)F)c1. The predicted molar refractivity (Wildman–Crippen MR) is 97.9 cm³/mol. The number of barbiturate groups is 1. The number of nitrogens with zero attached hydrogens (tertiary/aromatic N) is 2. The summed E-state index contributed by atoms with van der Waals surface area (Å²) < 4.78 is 78.8. The van der Waals surface area contributed by atoms with Gasteiger partial charge in [0.2, 0.25) is 11.8 Å². The topological polar surface area (TPSA) is 57.7 Å². The van der Waals surface area contributed by atoms with Gasteiger partial charge in [0.1, 0.15) is 6.42 Å². The minimum Gasteiger partial charge on any atom is -0.273 e. The molecule has 1 aliphatic heterocycles. The van der Waals surface area contributed by atoms with E-state index in [1.807, 2.05) is 0 Å². The van der Waals surface area contributed by atoms with Crippen LogP contribution in [-0.2, 0) is 21.9 Å². The molecule has 2 aromatic carbocycles. The number of hydrogen-bond donors (Lipinski definition) is 0. The Bertz CT molecular complexity index is 1020. The van der Waals surface area contributed by atoms with Gasteiger partial charge in [0.15, 0.2) is 0 Å². The Morgan fingerprint density at radius 1 is 0.677 bits per heavy atom. The average Bonchev–Trinajstić information content (AvgIpc) is 2.62. The van der Waals surface area contributed by atoms with E-state index < -0.39 is 69.2 Å². The Labute approximate surface area is 179 Å². The number of alkyl halides is 6. The maximum Gasteiger partial charge on any atom is 0.417 e. The summed E-state index contributed by atoms with van der Waals surface area (Å²) in [4.78, 5) is 37.9. The summed E-state index contributed by atoms with van der Waals surface area (Å²) in [6.45, 7) is 0. The van der Waals surface area contributed by atoms with Gasteiger partial charge in [-0.2, -0.15) is 26.3 Å². The van der Waals surface area contributed by atoms with Crippen molar-refractivity contribution in [2.24, 2.45) is 0 Å². The molecule has 13 heteroatoms. The van der Waals surface area contributed by atoms with Gasteiger partial charge in [-0.3, -0.25) is 9.59 Å². The third kappa shape index (κ3) is 4.33. The highest BCUT2D eigenvalue weighted by molar-refractivity contribution is 6.36. The van der Waals surface area contributed by atoms with Gasteiger partial charge in [-0.1, -0.05) is 23.2 Å². The Morgan fingerprint density at radius 2 is 1.03 bits per heavy atom. The van der Waals surface area contributed by atoms with Crippen LogP contribution < -0.4 is 9.80 Å². The number of halogens is 8. The first-order valence-electron chi connectivity index (χ1n) is 8.15. The van der Waals surface area contributed by atoms with Crippen molar-refractivity contribution < 1.29 is 40.7 Å². The first-order valence-corrected chi connectivity index (χ1v) is 8.90. The van der Waals surface area contributed by atoms with E-state index in [4.69, 9.17) is 23.2 Å². The Balaban J connectivity index is 2.09. The highest BCUT2D eigenvalue weighted by Gasteiger charge is 2.42. The minimum absolute atomic E-state index is 0.259. The molecule has 0 unspecified atom stereocenters. The summed E-state index contributed by atoms with van der Waals surface area (Å²) >= 11 is 11.0. The maximum atomic E-state index is 13.1. The van der Waals surface area contributed by atoms with Crippen LogP contribution in [0.15, 0.2) is 36.4 Å². The van der Waals surface area contributed by atoms with Gasteiger partial charge in [-0.15, -0.1) is 0 Å². The molecule has 0 atom stereocenters. The number of hydrogen-bond acceptors (Lipinski definition) is 3. The number of amides is 4. The van der Waals surface area contributed by atoms with Gasteiger partial charge in [0.25, 0.3) is 0 Å². The summed E-state index contributed by atoms with van der Waals surface area (Å²) in [5, 5.41) is -1.40. The van der Waals surface area contributed by atoms with E-state index in [-0.39, 0.29) is 9.80 Å². The molecule has 0 spiro atoms. The van der Waals surface area contributed by atoms with Gasteiger partial charge in [0, 0.05) is 0 Å². The highest BCUT2D eigenvalue weighted by Crippen LogP contribution is 2.40. The van der Waals surface area contributed by atoms with Gasteiger partial charge >= 0.3 is 18.4 Å². The van der Waals surface area contributed by atoms with Gasteiger partial charge in [-0.25, -0.2) is 14.6 Å². The van der Waals surface area contributed by atoms with Crippen molar-refractivity contribution in [2.75, 3.05) is 9.80 Å². The van der Waals surface area contributed by atoms with Crippen molar-refractivity contribution in [3.63, 3.8) is 0 Å². The number of benzene rings is 2. The molecule has 1 fully saturated rings.